The fourth-order valence-corrected chi connectivity index (χ4v) is 3.68. The number of benzene rings is 4. The summed E-state index contributed by atoms with van der Waals surface area (Å²) in [6.45, 7) is 1.38. The monoisotopic (exact) mass is 512 g/mol. The van der Waals surface area contributed by atoms with Crippen LogP contribution in [0.1, 0.15) is 15.9 Å². The van der Waals surface area contributed by atoms with Gasteiger partial charge in [-0.15, -0.1) is 0 Å². The Morgan fingerprint density at radius 1 is 0.649 bits per heavy atom. The number of para-hydroxylation sites is 1. The molecule has 0 unspecified atom stereocenters. The highest BCUT2D eigenvalue weighted by Crippen LogP contribution is 2.18. The van der Waals surface area contributed by atoms with E-state index in [1.807, 2.05) is 72.8 Å². The third kappa shape index (κ3) is 8.66. The highest BCUT2D eigenvalue weighted by atomic mass is 32.1. The summed E-state index contributed by atoms with van der Waals surface area (Å²) >= 11 is 5.32. The van der Waals surface area contributed by atoms with Crippen LogP contribution in [-0.4, -0.2) is 30.8 Å². The summed E-state index contributed by atoms with van der Waals surface area (Å²) in [6, 6.07) is 34.0. The summed E-state index contributed by atoms with van der Waals surface area (Å²) in [5.41, 5.74) is 2.40. The second-order valence-electron chi connectivity index (χ2n) is 8.05. The van der Waals surface area contributed by atoms with Crippen LogP contribution in [0.2, 0.25) is 0 Å². The van der Waals surface area contributed by atoms with Gasteiger partial charge < -0.3 is 19.5 Å². The van der Waals surface area contributed by atoms with Gasteiger partial charge in [0.2, 0.25) is 0 Å². The molecule has 4 rings (SSSR count). The predicted molar refractivity (Wildman–Crippen MR) is 150 cm³/mol. The zero-order chi connectivity index (χ0) is 25.7. The van der Waals surface area contributed by atoms with Crippen molar-refractivity contribution < 1.29 is 19.0 Å². The fraction of sp³-hybridized carbons (Fsp3) is 0.133. The molecule has 0 saturated carbocycles. The molecule has 0 fully saturated rings. The van der Waals surface area contributed by atoms with Gasteiger partial charge in [-0.25, -0.2) is 0 Å². The van der Waals surface area contributed by atoms with Crippen LogP contribution in [0.4, 0.5) is 5.69 Å². The molecule has 6 nitrogen and oxygen atoms in total. The van der Waals surface area contributed by atoms with Crippen LogP contribution in [0.5, 0.6) is 17.2 Å². The van der Waals surface area contributed by atoms with Gasteiger partial charge in [-0.05, 0) is 66.3 Å². The van der Waals surface area contributed by atoms with E-state index < -0.39 is 0 Å². The highest BCUT2D eigenvalue weighted by Gasteiger charge is 2.09. The van der Waals surface area contributed by atoms with Gasteiger partial charge in [0.1, 0.15) is 30.5 Å². The van der Waals surface area contributed by atoms with Gasteiger partial charge in [0.25, 0.3) is 5.91 Å². The quantitative estimate of drug-likeness (QED) is 0.193. The number of rotatable bonds is 11. The molecule has 0 atom stereocenters. The maximum Gasteiger partial charge on any atom is 0.257 e. The minimum absolute atomic E-state index is 0.192. The van der Waals surface area contributed by atoms with Crippen LogP contribution in [0.15, 0.2) is 109 Å². The maximum atomic E-state index is 12.6. The summed E-state index contributed by atoms with van der Waals surface area (Å²) in [5, 5.41) is 5.91. The molecule has 188 valence electrons. The first-order valence-corrected chi connectivity index (χ1v) is 12.4. The molecule has 0 aliphatic rings. The molecule has 4 aromatic rings. The topological polar surface area (TPSA) is 68.8 Å². The smallest absolute Gasteiger partial charge is 0.257 e. The van der Waals surface area contributed by atoms with Crippen LogP contribution in [-0.2, 0) is 6.42 Å². The molecule has 0 aliphatic heterocycles. The van der Waals surface area contributed by atoms with Crippen LogP contribution in [0.25, 0.3) is 0 Å². The molecule has 0 radical (unpaired) electrons. The number of carbonyl (C=O) groups is 1. The molecule has 0 aromatic heterocycles. The summed E-state index contributed by atoms with van der Waals surface area (Å²) in [7, 11) is 0. The highest BCUT2D eigenvalue weighted by molar-refractivity contribution is 7.80. The molecular formula is C30H28N2O4S. The first kappa shape index (κ1) is 25.7. The Kier molecular flexibility index (Phi) is 9.49. The number of nitrogens with one attached hydrogen (secondary N) is 2. The average molecular weight is 513 g/mol. The summed E-state index contributed by atoms with van der Waals surface area (Å²) < 4.78 is 17.2. The first-order chi connectivity index (χ1) is 18.2. The summed E-state index contributed by atoms with van der Waals surface area (Å²) in [5.74, 6) is 1.87. The molecule has 2 N–H and O–H groups in total. The van der Waals surface area contributed by atoms with Crippen molar-refractivity contribution in [3.63, 3.8) is 0 Å². The number of ether oxygens (including phenoxy) is 3. The predicted octanol–water partition coefficient (Wildman–Crippen LogP) is 5.89. The van der Waals surface area contributed by atoms with E-state index in [0.29, 0.717) is 42.6 Å². The van der Waals surface area contributed by atoms with Crippen molar-refractivity contribution >= 4 is 28.9 Å². The first-order valence-electron chi connectivity index (χ1n) is 12.0. The van der Waals surface area contributed by atoms with Gasteiger partial charge in [0.15, 0.2) is 5.11 Å². The standard InChI is InChI=1S/C30H28N2O4S/c33-29(24-14-16-27(17-15-24)34-19-18-23-8-3-1-4-9-23)32-30(37)31-25-10-7-13-28(22-25)36-21-20-35-26-11-5-2-6-12-26/h1-17,22H,18-21H2,(H2,31,32,33,37). The number of thiocarbonyl (C=S) groups is 1. The third-order valence-corrected chi connectivity index (χ3v) is 5.51. The summed E-state index contributed by atoms with van der Waals surface area (Å²) in [6.07, 6.45) is 0.816. The maximum absolute atomic E-state index is 12.6. The van der Waals surface area contributed by atoms with Gasteiger partial charge in [0, 0.05) is 23.7 Å². The van der Waals surface area contributed by atoms with Crippen molar-refractivity contribution in [3.05, 3.63) is 120 Å². The van der Waals surface area contributed by atoms with Crippen molar-refractivity contribution in [3.8, 4) is 17.2 Å². The average Bonchev–Trinajstić information content (AvgIpc) is 2.93. The van der Waals surface area contributed by atoms with E-state index >= 15 is 0 Å². The number of anilines is 1. The zero-order valence-corrected chi connectivity index (χ0v) is 21.1. The van der Waals surface area contributed by atoms with Crippen LogP contribution >= 0.6 is 12.2 Å². The van der Waals surface area contributed by atoms with Crippen molar-refractivity contribution in [2.45, 2.75) is 6.42 Å². The second kappa shape index (κ2) is 13.7. The van der Waals surface area contributed by atoms with E-state index in [9.17, 15) is 4.79 Å². The molecule has 0 aliphatic carbocycles. The lowest BCUT2D eigenvalue weighted by Crippen LogP contribution is -2.34. The number of hydrogen-bond acceptors (Lipinski definition) is 5. The van der Waals surface area contributed by atoms with Gasteiger partial charge >= 0.3 is 0 Å². The van der Waals surface area contributed by atoms with E-state index in [2.05, 4.69) is 22.8 Å². The van der Waals surface area contributed by atoms with Gasteiger partial charge in [-0.1, -0.05) is 54.6 Å². The number of amides is 1. The SMILES string of the molecule is O=C(NC(=S)Nc1cccc(OCCOc2ccccc2)c1)c1ccc(OCCc2ccccc2)cc1. The molecule has 37 heavy (non-hydrogen) atoms. The largest absolute Gasteiger partial charge is 0.493 e. The molecular weight excluding hydrogens is 484 g/mol. The van der Waals surface area contributed by atoms with Crippen molar-refractivity contribution in [1.82, 2.24) is 5.32 Å². The molecule has 0 spiro atoms. The Morgan fingerprint density at radius 3 is 1.97 bits per heavy atom. The van der Waals surface area contributed by atoms with E-state index in [1.54, 1.807) is 24.3 Å². The van der Waals surface area contributed by atoms with Crippen molar-refractivity contribution in [2.24, 2.45) is 0 Å². The Bertz CT molecular complexity index is 1280. The molecule has 0 saturated heterocycles. The number of carbonyl (C=O) groups excluding carboxylic acids is 1. The molecule has 1 amide bonds. The lowest BCUT2D eigenvalue weighted by Gasteiger charge is -2.12. The minimum Gasteiger partial charge on any atom is -0.493 e. The van der Waals surface area contributed by atoms with Gasteiger partial charge in [-0.3, -0.25) is 10.1 Å². The van der Waals surface area contributed by atoms with E-state index in [0.717, 1.165) is 12.2 Å². The Morgan fingerprint density at radius 2 is 1.24 bits per heavy atom. The lowest BCUT2D eigenvalue weighted by molar-refractivity contribution is 0.0977. The second-order valence-corrected chi connectivity index (χ2v) is 8.46. The Hall–Kier alpha value is -4.36. The normalized spacial score (nSPS) is 10.3. The van der Waals surface area contributed by atoms with E-state index in [4.69, 9.17) is 26.4 Å². The van der Waals surface area contributed by atoms with Crippen LogP contribution in [0, 0.1) is 0 Å². The van der Waals surface area contributed by atoms with Crippen molar-refractivity contribution in [1.29, 1.82) is 0 Å². The minimum atomic E-state index is -0.307. The summed E-state index contributed by atoms with van der Waals surface area (Å²) in [4.78, 5) is 12.6. The molecule has 4 aromatic carbocycles. The molecule has 7 heteroatoms. The molecule has 0 heterocycles. The van der Waals surface area contributed by atoms with Crippen LogP contribution in [0.3, 0.4) is 0 Å². The Balaban J connectivity index is 1.19. The molecule has 0 bridgehead atoms. The van der Waals surface area contributed by atoms with Gasteiger partial charge in [-0.2, -0.15) is 0 Å². The van der Waals surface area contributed by atoms with Crippen molar-refractivity contribution in [2.75, 3.05) is 25.1 Å². The van der Waals surface area contributed by atoms with E-state index in [-0.39, 0.29) is 11.0 Å². The number of hydrogen-bond donors (Lipinski definition) is 2. The van der Waals surface area contributed by atoms with E-state index in [1.165, 1.54) is 5.56 Å². The lowest BCUT2D eigenvalue weighted by atomic mass is 10.2. The third-order valence-electron chi connectivity index (χ3n) is 5.30. The van der Waals surface area contributed by atoms with Crippen LogP contribution < -0.4 is 24.8 Å². The zero-order valence-electron chi connectivity index (χ0n) is 20.3. The Labute approximate surface area is 222 Å². The van der Waals surface area contributed by atoms with Gasteiger partial charge in [0.05, 0.1) is 6.61 Å². The fourth-order valence-electron chi connectivity index (χ4n) is 3.47.